The van der Waals surface area contributed by atoms with E-state index in [1.807, 2.05) is 38.1 Å². The highest BCUT2D eigenvalue weighted by molar-refractivity contribution is 7.92. The number of sulfone groups is 1. The van der Waals surface area contributed by atoms with E-state index >= 15 is 0 Å². The lowest BCUT2D eigenvalue weighted by Gasteiger charge is -2.20. The molecule has 2 N–H and O–H groups in total. The third-order valence-corrected chi connectivity index (χ3v) is 7.03. The summed E-state index contributed by atoms with van der Waals surface area (Å²) in [6.07, 6.45) is -0.201. The zero-order valence-corrected chi connectivity index (χ0v) is 18.2. The van der Waals surface area contributed by atoms with Gasteiger partial charge in [-0.05, 0) is 49.7 Å². The topological polar surface area (TPSA) is 105 Å². The molecular formula is C21H25N3O5S. The molecule has 0 spiro atoms. The highest BCUT2D eigenvalue weighted by Gasteiger charge is 2.28. The SMILES string of the molecule is Cc1ccc(NC(=O)C[C@@H](C)S(=O)(=O)c2ccc3c(c2)NC(=O)CO3)cc1N(C)C. The number of amides is 2. The molecule has 1 atom stereocenters. The van der Waals surface area contributed by atoms with Crippen molar-refractivity contribution in [2.75, 3.05) is 36.2 Å². The van der Waals surface area contributed by atoms with Crippen LogP contribution in [-0.2, 0) is 19.4 Å². The number of nitrogens with one attached hydrogen (secondary N) is 2. The molecule has 2 aromatic rings. The average molecular weight is 432 g/mol. The van der Waals surface area contributed by atoms with Crippen molar-refractivity contribution in [1.29, 1.82) is 0 Å². The molecule has 0 radical (unpaired) electrons. The Balaban J connectivity index is 1.72. The minimum Gasteiger partial charge on any atom is -0.482 e. The lowest BCUT2D eigenvalue weighted by Crippen LogP contribution is -2.27. The van der Waals surface area contributed by atoms with Gasteiger partial charge < -0.3 is 20.3 Å². The molecule has 0 unspecified atom stereocenters. The van der Waals surface area contributed by atoms with Crippen LogP contribution in [0.5, 0.6) is 5.75 Å². The summed E-state index contributed by atoms with van der Waals surface area (Å²) in [7, 11) is 0.0411. The highest BCUT2D eigenvalue weighted by Crippen LogP contribution is 2.32. The number of hydrogen-bond donors (Lipinski definition) is 2. The van der Waals surface area contributed by atoms with Gasteiger partial charge in [-0.15, -0.1) is 0 Å². The molecule has 2 aromatic carbocycles. The monoisotopic (exact) mass is 431 g/mol. The van der Waals surface area contributed by atoms with Crippen LogP contribution in [0.2, 0.25) is 0 Å². The molecule has 0 bridgehead atoms. The van der Waals surface area contributed by atoms with Crippen LogP contribution in [0.1, 0.15) is 18.9 Å². The Bertz CT molecular complexity index is 1100. The molecule has 0 saturated heterocycles. The number of hydrogen-bond acceptors (Lipinski definition) is 6. The van der Waals surface area contributed by atoms with E-state index in [0.29, 0.717) is 17.1 Å². The van der Waals surface area contributed by atoms with Crippen molar-refractivity contribution < 1.29 is 22.7 Å². The van der Waals surface area contributed by atoms with Crippen molar-refractivity contribution in [2.45, 2.75) is 30.4 Å². The maximum atomic E-state index is 12.9. The van der Waals surface area contributed by atoms with Crippen LogP contribution < -0.4 is 20.3 Å². The normalized spacial score (nSPS) is 14.2. The summed E-state index contributed by atoms with van der Waals surface area (Å²) in [4.78, 5) is 25.9. The fourth-order valence-electron chi connectivity index (χ4n) is 3.22. The number of aryl methyl sites for hydroxylation is 1. The van der Waals surface area contributed by atoms with Crippen LogP contribution in [-0.4, -0.2) is 46.2 Å². The quantitative estimate of drug-likeness (QED) is 0.728. The van der Waals surface area contributed by atoms with Crippen LogP contribution in [0, 0.1) is 6.92 Å². The first-order chi connectivity index (χ1) is 14.1. The minimum atomic E-state index is -3.78. The van der Waals surface area contributed by atoms with Crippen molar-refractivity contribution in [2.24, 2.45) is 0 Å². The van der Waals surface area contributed by atoms with E-state index in [1.54, 1.807) is 6.07 Å². The Labute approximate surface area is 176 Å². The molecule has 9 heteroatoms. The van der Waals surface area contributed by atoms with Gasteiger partial charge in [0.2, 0.25) is 5.91 Å². The number of carbonyl (C=O) groups excluding carboxylic acids is 2. The van der Waals surface area contributed by atoms with E-state index in [9.17, 15) is 18.0 Å². The average Bonchev–Trinajstić information content (AvgIpc) is 2.68. The molecule has 0 saturated carbocycles. The highest BCUT2D eigenvalue weighted by atomic mass is 32.2. The largest absolute Gasteiger partial charge is 0.482 e. The smallest absolute Gasteiger partial charge is 0.262 e. The molecule has 0 aromatic heterocycles. The van der Waals surface area contributed by atoms with E-state index in [0.717, 1.165) is 11.3 Å². The summed E-state index contributed by atoms with van der Waals surface area (Å²) in [6.45, 7) is 3.36. The first-order valence-corrected chi connectivity index (χ1v) is 11.0. The van der Waals surface area contributed by atoms with Crippen molar-refractivity contribution in [3.8, 4) is 5.75 Å². The van der Waals surface area contributed by atoms with Crippen LogP contribution in [0.4, 0.5) is 17.1 Å². The molecule has 0 aliphatic carbocycles. The number of rotatable bonds is 6. The molecule has 1 aliphatic rings. The van der Waals surface area contributed by atoms with Gasteiger partial charge in [-0.1, -0.05) is 6.07 Å². The molecule has 8 nitrogen and oxygen atoms in total. The number of anilines is 3. The third kappa shape index (κ3) is 4.56. The van der Waals surface area contributed by atoms with Gasteiger partial charge in [0.15, 0.2) is 16.4 Å². The van der Waals surface area contributed by atoms with Crippen molar-refractivity contribution in [1.82, 2.24) is 0 Å². The van der Waals surface area contributed by atoms with E-state index < -0.39 is 21.0 Å². The van der Waals surface area contributed by atoms with E-state index in [4.69, 9.17) is 4.74 Å². The summed E-state index contributed by atoms with van der Waals surface area (Å²) in [5.74, 6) is -0.330. The number of ether oxygens (including phenoxy) is 1. The lowest BCUT2D eigenvalue weighted by molar-refractivity contribution is -0.118. The van der Waals surface area contributed by atoms with Gasteiger partial charge in [-0.25, -0.2) is 8.42 Å². The third-order valence-electron chi connectivity index (χ3n) is 4.89. The van der Waals surface area contributed by atoms with Crippen LogP contribution in [0.25, 0.3) is 0 Å². The Morgan fingerprint density at radius 1 is 1.23 bits per heavy atom. The number of nitrogens with zero attached hydrogens (tertiary/aromatic N) is 1. The standard InChI is InChI=1S/C21H25N3O5S/c1-13-5-6-15(10-18(13)24(3)4)22-20(25)9-14(2)30(27,28)16-7-8-19-17(11-16)23-21(26)12-29-19/h5-8,10-11,14H,9,12H2,1-4H3,(H,22,25)(H,23,26)/t14-/m1/s1. The van der Waals surface area contributed by atoms with Gasteiger partial charge in [-0.2, -0.15) is 0 Å². The van der Waals surface area contributed by atoms with E-state index in [2.05, 4.69) is 10.6 Å². The van der Waals surface area contributed by atoms with Crippen LogP contribution in [0.3, 0.4) is 0 Å². The lowest BCUT2D eigenvalue weighted by atomic mass is 10.1. The van der Waals surface area contributed by atoms with Gasteiger partial charge in [0, 0.05) is 31.9 Å². The molecular weight excluding hydrogens is 406 g/mol. The molecule has 1 aliphatic heterocycles. The second-order valence-electron chi connectivity index (χ2n) is 7.50. The Kier molecular flexibility index (Phi) is 6.02. The molecule has 30 heavy (non-hydrogen) atoms. The second kappa shape index (κ2) is 8.35. The van der Waals surface area contributed by atoms with Gasteiger partial charge >= 0.3 is 0 Å². The number of carbonyl (C=O) groups is 2. The van der Waals surface area contributed by atoms with Gasteiger partial charge in [-0.3, -0.25) is 9.59 Å². The fourth-order valence-corrected chi connectivity index (χ4v) is 4.60. The van der Waals surface area contributed by atoms with Gasteiger partial charge in [0.1, 0.15) is 5.75 Å². The van der Waals surface area contributed by atoms with Gasteiger partial charge in [0.25, 0.3) is 5.91 Å². The summed E-state index contributed by atoms with van der Waals surface area (Å²) >= 11 is 0. The van der Waals surface area contributed by atoms with E-state index in [-0.39, 0.29) is 23.8 Å². The van der Waals surface area contributed by atoms with Crippen LogP contribution in [0.15, 0.2) is 41.3 Å². The zero-order valence-electron chi connectivity index (χ0n) is 17.4. The maximum Gasteiger partial charge on any atom is 0.262 e. The zero-order chi connectivity index (χ0) is 22.1. The van der Waals surface area contributed by atoms with Crippen LogP contribution >= 0.6 is 0 Å². The van der Waals surface area contributed by atoms with Crippen molar-refractivity contribution in [3.05, 3.63) is 42.0 Å². The summed E-state index contributed by atoms with van der Waals surface area (Å²) in [6, 6.07) is 9.81. The Hall–Kier alpha value is -3.07. The number of fused-ring (bicyclic) bond motifs is 1. The predicted octanol–water partition coefficient (Wildman–Crippen LogP) is 2.58. The molecule has 0 fully saturated rings. The molecule has 3 rings (SSSR count). The summed E-state index contributed by atoms with van der Waals surface area (Å²) in [5.41, 5.74) is 2.94. The second-order valence-corrected chi connectivity index (χ2v) is 9.86. The molecule has 2 amide bonds. The van der Waals surface area contributed by atoms with E-state index in [1.165, 1.54) is 25.1 Å². The number of benzene rings is 2. The molecule has 1 heterocycles. The van der Waals surface area contributed by atoms with Crippen molar-refractivity contribution >= 4 is 38.7 Å². The molecule has 160 valence electrons. The summed E-state index contributed by atoms with van der Waals surface area (Å²) < 4.78 is 31.1. The predicted molar refractivity (Wildman–Crippen MR) is 116 cm³/mol. The Morgan fingerprint density at radius 2 is 1.97 bits per heavy atom. The maximum absolute atomic E-state index is 12.9. The first kappa shape index (κ1) is 21.6. The summed E-state index contributed by atoms with van der Waals surface area (Å²) in [5, 5.41) is 4.41. The van der Waals surface area contributed by atoms with Gasteiger partial charge in [0.05, 0.1) is 15.8 Å². The Morgan fingerprint density at radius 3 is 2.67 bits per heavy atom. The fraction of sp³-hybridized carbons (Fsp3) is 0.333. The first-order valence-electron chi connectivity index (χ1n) is 9.46. The minimum absolute atomic E-state index is 0.0255. The van der Waals surface area contributed by atoms with Crippen molar-refractivity contribution in [3.63, 3.8) is 0 Å².